The van der Waals surface area contributed by atoms with Crippen LogP contribution in [0.2, 0.25) is 0 Å². The minimum absolute atomic E-state index is 0.0625. The highest BCUT2D eigenvalue weighted by Crippen LogP contribution is 2.36. The number of benzene rings is 2. The number of halogens is 3. The van der Waals surface area contributed by atoms with Gasteiger partial charge < -0.3 is 4.55 Å². The predicted molar refractivity (Wildman–Crippen MR) is 119 cm³/mol. The Hall–Kier alpha value is -3.03. The van der Waals surface area contributed by atoms with Gasteiger partial charge in [0.15, 0.2) is 15.6 Å². The first-order chi connectivity index (χ1) is 16.0. The van der Waals surface area contributed by atoms with E-state index in [-0.39, 0.29) is 29.1 Å². The molecule has 2 aromatic carbocycles. The van der Waals surface area contributed by atoms with E-state index in [9.17, 15) is 39.4 Å². The fourth-order valence-electron chi connectivity index (χ4n) is 3.73. The van der Waals surface area contributed by atoms with E-state index in [2.05, 4.69) is 5.10 Å². The van der Waals surface area contributed by atoms with E-state index < -0.39 is 52.8 Å². The van der Waals surface area contributed by atoms with E-state index in [0.29, 0.717) is 24.0 Å². The number of sulfone groups is 1. The second-order valence-corrected chi connectivity index (χ2v) is 11.2. The molecule has 0 aliphatic rings. The van der Waals surface area contributed by atoms with Crippen molar-refractivity contribution in [3.8, 4) is 11.3 Å². The van der Waals surface area contributed by atoms with Gasteiger partial charge in [-0.25, -0.2) is 16.8 Å². The van der Waals surface area contributed by atoms with Crippen molar-refractivity contribution in [2.75, 3.05) is 6.26 Å². The van der Waals surface area contributed by atoms with Crippen LogP contribution in [0.1, 0.15) is 39.7 Å². The van der Waals surface area contributed by atoms with Crippen LogP contribution in [-0.4, -0.2) is 43.2 Å². The third kappa shape index (κ3) is 5.16. The summed E-state index contributed by atoms with van der Waals surface area (Å²) in [7, 11) is -9.29. The van der Waals surface area contributed by atoms with Crippen LogP contribution in [0, 0.1) is 13.8 Å². The van der Waals surface area contributed by atoms with Crippen LogP contribution in [0.15, 0.2) is 46.2 Å². The molecule has 0 saturated carbocycles. The van der Waals surface area contributed by atoms with E-state index in [1.54, 1.807) is 13.8 Å². The van der Waals surface area contributed by atoms with Gasteiger partial charge in [-0.1, -0.05) is 11.6 Å². The number of aryl methyl sites for hydroxylation is 3. The maximum atomic E-state index is 13.6. The second kappa shape index (κ2) is 8.88. The average molecular weight is 530 g/mol. The molecule has 1 aromatic heterocycles. The van der Waals surface area contributed by atoms with Crippen molar-refractivity contribution in [1.82, 2.24) is 9.78 Å². The number of nitrogens with zero attached hydrogens (tertiary/aromatic N) is 2. The van der Waals surface area contributed by atoms with Crippen LogP contribution < -0.4 is 0 Å². The highest BCUT2D eigenvalue weighted by molar-refractivity contribution is 7.90. The Morgan fingerprint density at radius 3 is 2.17 bits per heavy atom. The van der Waals surface area contributed by atoms with Gasteiger partial charge in [-0.2, -0.15) is 18.3 Å². The van der Waals surface area contributed by atoms with Crippen molar-refractivity contribution >= 4 is 25.7 Å². The van der Waals surface area contributed by atoms with Crippen molar-refractivity contribution < 1.29 is 39.4 Å². The lowest BCUT2D eigenvalue weighted by Crippen LogP contribution is -2.14. The minimum Gasteiger partial charge on any atom is -0.744 e. The summed E-state index contributed by atoms with van der Waals surface area (Å²) in [5.74, 6) is -0.984. The Bertz CT molecular complexity index is 1560. The fourth-order valence-corrected chi connectivity index (χ4v) is 5.29. The van der Waals surface area contributed by atoms with Gasteiger partial charge in [0.05, 0.1) is 32.3 Å². The van der Waals surface area contributed by atoms with Gasteiger partial charge in [-0.3, -0.25) is 9.48 Å². The number of hydrogen-bond donors (Lipinski definition) is 0. The summed E-state index contributed by atoms with van der Waals surface area (Å²) in [6.07, 6.45) is -4.18. The molecule has 0 saturated heterocycles. The zero-order chi connectivity index (χ0) is 26.5. The quantitative estimate of drug-likeness (QED) is 0.352. The van der Waals surface area contributed by atoms with E-state index in [4.69, 9.17) is 0 Å². The van der Waals surface area contributed by atoms with Crippen LogP contribution in [0.5, 0.6) is 0 Å². The summed E-state index contributed by atoms with van der Waals surface area (Å²) in [5, 5.41) is 4.22. The lowest BCUT2D eigenvalue weighted by molar-refractivity contribution is -0.137. The number of carbonyl (C=O) groups is 1. The first kappa shape index (κ1) is 26.6. The molecule has 1 heterocycles. The fraction of sp³-hybridized carbons (Fsp3) is 0.273. The summed E-state index contributed by atoms with van der Waals surface area (Å²) in [5.41, 5.74) is -1.59. The lowest BCUT2D eigenvalue weighted by atomic mass is 9.96. The van der Waals surface area contributed by atoms with Crippen molar-refractivity contribution in [2.24, 2.45) is 0 Å². The maximum Gasteiger partial charge on any atom is 0.416 e. The Morgan fingerprint density at radius 1 is 1.03 bits per heavy atom. The summed E-state index contributed by atoms with van der Waals surface area (Å²) in [4.78, 5) is 12.2. The highest BCUT2D eigenvalue weighted by Gasteiger charge is 2.34. The molecule has 3 aromatic rings. The Kier molecular flexibility index (Phi) is 6.74. The molecule has 0 bridgehead atoms. The monoisotopic (exact) mass is 529 g/mol. The van der Waals surface area contributed by atoms with Gasteiger partial charge in [0.2, 0.25) is 0 Å². The van der Waals surface area contributed by atoms with Crippen molar-refractivity contribution in [3.05, 3.63) is 64.3 Å². The molecule has 0 fully saturated rings. The molecular formula is C22H20F3N2O6S2-. The number of aromatic nitrogens is 2. The maximum absolute atomic E-state index is 13.6. The molecule has 0 aliphatic heterocycles. The van der Waals surface area contributed by atoms with Crippen LogP contribution in [0.25, 0.3) is 11.3 Å². The molecular weight excluding hydrogens is 509 g/mol. The average Bonchev–Trinajstić information content (AvgIpc) is 3.06. The van der Waals surface area contributed by atoms with Gasteiger partial charge in [0.1, 0.15) is 10.1 Å². The molecule has 0 N–H and O–H groups in total. The third-order valence-electron chi connectivity index (χ3n) is 5.27. The molecule has 0 amide bonds. The largest absolute Gasteiger partial charge is 0.744 e. The summed E-state index contributed by atoms with van der Waals surface area (Å²) >= 11 is 0. The Labute approximate surface area is 200 Å². The molecule has 13 heteroatoms. The van der Waals surface area contributed by atoms with Crippen molar-refractivity contribution in [3.63, 3.8) is 0 Å². The first-order valence-electron chi connectivity index (χ1n) is 10.1. The zero-order valence-corrected chi connectivity index (χ0v) is 20.6. The summed E-state index contributed by atoms with van der Waals surface area (Å²) < 4.78 is 101. The van der Waals surface area contributed by atoms with Gasteiger partial charge in [0, 0.05) is 23.9 Å². The smallest absolute Gasteiger partial charge is 0.416 e. The minimum atomic E-state index is -5.00. The molecule has 0 aliphatic carbocycles. The Balaban J connectivity index is 2.40. The molecule has 3 rings (SSSR count). The number of hydrogen-bond acceptors (Lipinski definition) is 7. The SMILES string of the molecule is CCn1nc(C)c(C(=O)c2ccc(C(F)(F)F)cc2S(C)(=O)=O)c1-c1cc(C)ccc1S(=O)(=O)[O-]. The van der Waals surface area contributed by atoms with Crippen LogP contribution in [0.4, 0.5) is 13.2 Å². The molecule has 8 nitrogen and oxygen atoms in total. The Morgan fingerprint density at radius 2 is 1.66 bits per heavy atom. The lowest BCUT2D eigenvalue weighted by Gasteiger charge is -2.17. The highest BCUT2D eigenvalue weighted by atomic mass is 32.2. The normalized spacial score (nSPS) is 12.7. The van der Waals surface area contributed by atoms with E-state index >= 15 is 0 Å². The van der Waals surface area contributed by atoms with Crippen LogP contribution in [-0.2, 0) is 32.7 Å². The molecule has 0 radical (unpaired) electrons. The predicted octanol–water partition coefficient (Wildman–Crippen LogP) is 3.74. The van der Waals surface area contributed by atoms with E-state index in [1.807, 2.05) is 0 Å². The molecule has 35 heavy (non-hydrogen) atoms. The molecule has 0 unspecified atom stereocenters. The number of rotatable bonds is 6. The first-order valence-corrected chi connectivity index (χ1v) is 13.4. The standard InChI is InChI=1S/C22H21F3N2O6S2/c1-5-27-20(16-10-12(2)6-9-17(16)35(31,32)33)19(13(3)26-27)21(28)15-8-7-14(22(23,24)25)11-18(15)34(4,29)30/h6-11H,5H2,1-4H3,(H,31,32,33)/p-1. The number of ketones is 1. The molecule has 0 atom stereocenters. The number of alkyl halides is 3. The van der Waals surface area contributed by atoms with Crippen molar-refractivity contribution in [2.45, 2.75) is 43.3 Å². The van der Waals surface area contributed by atoms with Gasteiger partial charge in [-0.15, -0.1) is 0 Å². The van der Waals surface area contributed by atoms with Crippen LogP contribution in [0.3, 0.4) is 0 Å². The van der Waals surface area contributed by atoms with Crippen LogP contribution >= 0.6 is 0 Å². The molecule has 0 spiro atoms. The van der Waals surface area contributed by atoms with Gasteiger partial charge in [-0.05, 0) is 51.1 Å². The van der Waals surface area contributed by atoms with E-state index in [0.717, 1.165) is 12.1 Å². The zero-order valence-electron chi connectivity index (χ0n) is 19.0. The summed E-state index contributed by atoms with van der Waals surface area (Å²) in [6, 6.07) is 5.57. The van der Waals surface area contributed by atoms with Gasteiger partial charge >= 0.3 is 6.18 Å². The van der Waals surface area contributed by atoms with Crippen molar-refractivity contribution in [1.29, 1.82) is 0 Å². The molecule has 188 valence electrons. The summed E-state index contributed by atoms with van der Waals surface area (Å²) in [6.45, 7) is 4.82. The van der Waals surface area contributed by atoms with Gasteiger partial charge in [0.25, 0.3) is 0 Å². The second-order valence-electron chi connectivity index (χ2n) is 7.89. The number of carbonyl (C=O) groups excluding carboxylic acids is 1. The van der Waals surface area contributed by atoms with E-state index in [1.165, 1.54) is 23.7 Å². The third-order valence-corrected chi connectivity index (χ3v) is 7.30. The topological polar surface area (TPSA) is 126 Å².